The number of nitrogens with one attached hydrogen (secondary N) is 1. The molecule has 4 nitrogen and oxygen atoms in total. The summed E-state index contributed by atoms with van der Waals surface area (Å²) in [4.78, 5) is 13.8. The molecule has 1 N–H and O–H groups in total. The highest BCUT2D eigenvalue weighted by atomic mass is 16.5. The van der Waals surface area contributed by atoms with Gasteiger partial charge < -0.3 is 9.64 Å². The molecule has 1 rings (SSSR count). The molecule has 0 saturated carbocycles. The first kappa shape index (κ1) is 12.5. The van der Waals surface area contributed by atoms with Crippen molar-refractivity contribution in [2.45, 2.75) is 45.8 Å². The Morgan fingerprint density at radius 2 is 2.20 bits per heavy atom. The van der Waals surface area contributed by atoms with Gasteiger partial charge in [-0.05, 0) is 20.3 Å². The second kappa shape index (κ2) is 6.08. The highest BCUT2D eigenvalue weighted by Gasteiger charge is 2.34. The number of hydrogen-bond donors (Lipinski definition) is 1. The third-order valence-electron chi connectivity index (χ3n) is 2.75. The summed E-state index contributed by atoms with van der Waals surface area (Å²) in [6, 6.07) is 0.0200. The van der Waals surface area contributed by atoms with E-state index in [1.807, 2.05) is 18.7 Å². The second-order valence-corrected chi connectivity index (χ2v) is 3.91. The average Bonchev–Trinajstić information content (AvgIpc) is 2.46. The van der Waals surface area contributed by atoms with Crippen molar-refractivity contribution in [1.82, 2.24) is 10.2 Å². The van der Waals surface area contributed by atoms with E-state index in [1.165, 1.54) is 0 Å². The molecule has 1 aliphatic heterocycles. The highest BCUT2D eigenvalue weighted by Crippen LogP contribution is 2.13. The Hall–Kier alpha value is -0.610. The van der Waals surface area contributed by atoms with Gasteiger partial charge in [-0.2, -0.15) is 0 Å². The first-order valence-electron chi connectivity index (χ1n) is 5.85. The van der Waals surface area contributed by atoms with Crippen LogP contribution in [0, 0.1) is 0 Å². The molecule has 2 unspecified atom stereocenters. The van der Waals surface area contributed by atoms with Gasteiger partial charge in [-0.25, -0.2) is 0 Å². The molecule has 0 aliphatic carbocycles. The zero-order chi connectivity index (χ0) is 11.3. The predicted octanol–water partition coefficient (Wildman–Crippen LogP) is 0.969. The van der Waals surface area contributed by atoms with Gasteiger partial charge >= 0.3 is 0 Å². The van der Waals surface area contributed by atoms with Crippen molar-refractivity contribution in [2.24, 2.45) is 0 Å². The van der Waals surface area contributed by atoms with E-state index in [0.717, 1.165) is 12.8 Å². The number of hydrogen-bond acceptors (Lipinski definition) is 3. The van der Waals surface area contributed by atoms with E-state index in [1.54, 1.807) is 0 Å². The lowest BCUT2D eigenvalue weighted by molar-refractivity contribution is -0.130. The maximum absolute atomic E-state index is 11.9. The Balaban J connectivity index is 2.40. The number of amides is 1. The van der Waals surface area contributed by atoms with E-state index in [2.05, 4.69) is 12.2 Å². The molecule has 1 fully saturated rings. The summed E-state index contributed by atoms with van der Waals surface area (Å²) >= 11 is 0. The fourth-order valence-corrected chi connectivity index (χ4v) is 1.95. The molecule has 0 aromatic heterocycles. The average molecular weight is 214 g/mol. The Morgan fingerprint density at radius 1 is 1.47 bits per heavy atom. The lowest BCUT2D eigenvalue weighted by Crippen LogP contribution is -2.37. The number of nitrogens with zero attached hydrogens (tertiary/aromatic N) is 1. The molecule has 1 saturated heterocycles. The van der Waals surface area contributed by atoms with Crippen molar-refractivity contribution >= 4 is 5.91 Å². The number of rotatable bonds is 6. The van der Waals surface area contributed by atoms with Crippen LogP contribution in [-0.4, -0.2) is 42.8 Å². The Labute approximate surface area is 92.0 Å². The van der Waals surface area contributed by atoms with Gasteiger partial charge in [0.15, 0.2) is 0 Å². The molecule has 1 heterocycles. The summed E-state index contributed by atoms with van der Waals surface area (Å²) in [6.45, 7) is 8.13. The molecular formula is C11H22N2O2. The minimum Gasteiger partial charge on any atom is -0.380 e. The first-order chi connectivity index (χ1) is 7.20. The summed E-state index contributed by atoms with van der Waals surface area (Å²) < 4.78 is 5.27. The monoisotopic (exact) mass is 214 g/mol. The summed E-state index contributed by atoms with van der Waals surface area (Å²) in [6.07, 6.45) is 2.11. The normalized spacial score (nSPS) is 26.3. The zero-order valence-corrected chi connectivity index (χ0v) is 9.95. The van der Waals surface area contributed by atoms with Crippen molar-refractivity contribution in [2.75, 3.05) is 19.8 Å². The van der Waals surface area contributed by atoms with E-state index < -0.39 is 0 Å². The van der Waals surface area contributed by atoms with Gasteiger partial charge in [-0.3, -0.25) is 10.1 Å². The fourth-order valence-electron chi connectivity index (χ4n) is 1.95. The molecule has 15 heavy (non-hydrogen) atoms. The van der Waals surface area contributed by atoms with Crippen molar-refractivity contribution in [3.05, 3.63) is 0 Å². The van der Waals surface area contributed by atoms with E-state index in [0.29, 0.717) is 19.8 Å². The van der Waals surface area contributed by atoms with Gasteiger partial charge in [0.25, 0.3) is 0 Å². The Bertz CT molecular complexity index is 209. The molecule has 88 valence electrons. The lowest BCUT2D eigenvalue weighted by atomic mass is 10.2. The number of carbonyl (C=O) groups excluding carboxylic acids is 1. The van der Waals surface area contributed by atoms with Gasteiger partial charge in [0.2, 0.25) is 5.91 Å². The maximum atomic E-state index is 11.9. The third-order valence-corrected chi connectivity index (χ3v) is 2.75. The van der Waals surface area contributed by atoms with Gasteiger partial charge in [0.1, 0.15) is 0 Å². The topological polar surface area (TPSA) is 41.6 Å². The summed E-state index contributed by atoms with van der Waals surface area (Å²) in [5, 5.41) is 3.30. The van der Waals surface area contributed by atoms with E-state index >= 15 is 0 Å². The van der Waals surface area contributed by atoms with Crippen LogP contribution >= 0.6 is 0 Å². The maximum Gasteiger partial charge on any atom is 0.241 e. The SMILES string of the molecule is CCCC1NC(C)N(CCOCC)C1=O. The van der Waals surface area contributed by atoms with Gasteiger partial charge in [0, 0.05) is 13.2 Å². The van der Waals surface area contributed by atoms with Crippen LogP contribution in [-0.2, 0) is 9.53 Å². The molecule has 4 heteroatoms. The van der Waals surface area contributed by atoms with Crippen molar-refractivity contribution < 1.29 is 9.53 Å². The van der Waals surface area contributed by atoms with Crippen LogP contribution in [0.3, 0.4) is 0 Å². The summed E-state index contributed by atoms with van der Waals surface area (Å²) in [7, 11) is 0. The molecule has 0 aromatic rings. The van der Waals surface area contributed by atoms with Crippen molar-refractivity contribution in [1.29, 1.82) is 0 Å². The van der Waals surface area contributed by atoms with Crippen LogP contribution in [0.25, 0.3) is 0 Å². The molecule has 0 aromatic carbocycles. The number of carbonyl (C=O) groups is 1. The van der Waals surface area contributed by atoms with Crippen LogP contribution in [0.2, 0.25) is 0 Å². The molecule has 1 amide bonds. The first-order valence-corrected chi connectivity index (χ1v) is 5.85. The third kappa shape index (κ3) is 3.18. The van der Waals surface area contributed by atoms with Crippen LogP contribution in [0.4, 0.5) is 0 Å². The van der Waals surface area contributed by atoms with Crippen LogP contribution in [0.1, 0.15) is 33.6 Å². The Kier molecular flexibility index (Phi) is 5.05. The van der Waals surface area contributed by atoms with Crippen LogP contribution in [0.15, 0.2) is 0 Å². The zero-order valence-electron chi connectivity index (χ0n) is 9.95. The summed E-state index contributed by atoms with van der Waals surface area (Å²) in [5.41, 5.74) is 0. The molecule has 0 radical (unpaired) electrons. The standard InChI is InChI=1S/C11H22N2O2/c1-4-6-10-11(14)13(9(3)12-10)7-8-15-5-2/h9-10,12H,4-8H2,1-3H3. The summed E-state index contributed by atoms with van der Waals surface area (Å²) in [5.74, 6) is 0.226. The second-order valence-electron chi connectivity index (χ2n) is 3.91. The lowest BCUT2D eigenvalue weighted by Gasteiger charge is -2.20. The van der Waals surface area contributed by atoms with E-state index in [-0.39, 0.29) is 18.1 Å². The minimum atomic E-state index is 0.0200. The van der Waals surface area contributed by atoms with Gasteiger partial charge in [-0.1, -0.05) is 13.3 Å². The molecule has 0 spiro atoms. The fraction of sp³-hybridized carbons (Fsp3) is 0.909. The molecular weight excluding hydrogens is 192 g/mol. The van der Waals surface area contributed by atoms with Crippen LogP contribution < -0.4 is 5.32 Å². The quantitative estimate of drug-likeness (QED) is 0.670. The van der Waals surface area contributed by atoms with Crippen molar-refractivity contribution in [3.63, 3.8) is 0 Å². The van der Waals surface area contributed by atoms with Crippen molar-refractivity contribution in [3.8, 4) is 0 Å². The predicted molar refractivity (Wildman–Crippen MR) is 59.5 cm³/mol. The highest BCUT2D eigenvalue weighted by molar-refractivity contribution is 5.84. The van der Waals surface area contributed by atoms with Crippen LogP contribution in [0.5, 0.6) is 0 Å². The van der Waals surface area contributed by atoms with Gasteiger partial charge in [0.05, 0.1) is 18.8 Å². The van der Waals surface area contributed by atoms with Gasteiger partial charge in [-0.15, -0.1) is 0 Å². The Morgan fingerprint density at radius 3 is 2.80 bits per heavy atom. The minimum absolute atomic E-state index is 0.0200. The van der Waals surface area contributed by atoms with E-state index in [4.69, 9.17) is 4.74 Å². The smallest absolute Gasteiger partial charge is 0.241 e. The van der Waals surface area contributed by atoms with E-state index in [9.17, 15) is 4.79 Å². The number of ether oxygens (including phenoxy) is 1. The molecule has 1 aliphatic rings. The molecule has 0 bridgehead atoms. The molecule has 2 atom stereocenters. The largest absolute Gasteiger partial charge is 0.380 e.